The smallest absolute Gasteiger partial charge is 0.0871 e. The fourth-order valence-electron chi connectivity index (χ4n) is 1.79. The molecule has 2 heteroatoms. The fourth-order valence-corrected chi connectivity index (χ4v) is 1.79. The summed E-state index contributed by atoms with van der Waals surface area (Å²) in [4.78, 5) is 0. The molecule has 0 aromatic heterocycles. The largest absolute Gasteiger partial charge is 0.411 e. The number of hydrogen-bond donors (Lipinski definition) is 1. The van der Waals surface area contributed by atoms with Gasteiger partial charge in [-0.1, -0.05) is 65.8 Å². The summed E-state index contributed by atoms with van der Waals surface area (Å²) in [5, 5.41) is 12.4. The van der Waals surface area contributed by atoms with Crippen LogP contribution >= 0.6 is 0 Å². The Balaban J connectivity index is 2.03. The van der Waals surface area contributed by atoms with Crippen LogP contribution in [0.25, 0.3) is 0 Å². The van der Waals surface area contributed by atoms with Crippen molar-refractivity contribution in [3.05, 3.63) is 71.8 Å². The third kappa shape index (κ3) is 3.18. The second-order valence-corrected chi connectivity index (χ2v) is 3.90. The van der Waals surface area contributed by atoms with Gasteiger partial charge in [-0.05, 0) is 24.0 Å². The van der Waals surface area contributed by atoms with E-state index in [9.17, 15) is 0 Å². The molecular formula is C15H15NO. The minimum atomic E-state index is 0.731. The Labute approximate surface area is 101 Å². The molecule has 0 spiro atoms. The molecule has 0 unspecified atom stereocenters. The number of hydrogen-bond acceptors (Lipinski definition) is 2. The van der Waals surface area contributed by atoms with Crippen LogP contribution in [0.5, 0.6) is 0 Å². The summed E-state index contributed by atoms with van der Waals surface area (Å²) in [6.45, 7) is 0. The number of rotatable bonds is 4. The van der Waals surface area contributed by atoms with Gasteiger partial charge in [-0.3, -0.25) is 0 Å². The Bertz CT molecular complexity index is 477. The lowest BCUT2D eigenvalue weighted by Gasteiger charge is -2.04. The van der Waals surface area contributed by atoms with E-state index in [-0.39, 0.29) is 0 Å². The SMILES string of the molecule is ON=C(CCc1ccccc1)c1ccccc1. The first-order valence-corrected chi connectivity index (χ1v) is 5.70. The van der Waals surface area contributed by atoms with Gasteiger partial charge in [-0.2, -0.15) is 0 Å². The van der Waals surface area contributed by atoms with E-state index in [0.717, 1.165) is 24.1 Å². The quantitative estimate of drug-likeness (QED) is 0.482. The first-order valence-electron chi connectivity index (χ1n) is 5.70. The van der Waals surface area contributed by atoms with Gasteiger partial charge in [0.05, 0.1) is 5.71 Å². The predicted molar refractivity (Wildman–Crippen MR) is 69.5 cm³/mol. The summed E-state index contributed by atoms with van der Waals surface area (Å²) in [6, 6.07) is 20.0. The molecule has 2 aromatic carbocycles. The van der Waals surface area contributed by atoms with Gasteiger partial charge in [0.1, 0.15) is 0 Å². The second-order valence-electron chi connectivity index (χ2n) is 3.90. The average molecular weight is 225 g/mol. The van der Waals surface area contributed by atoms with Crippen LogP contribution in [-0.2, 0) is 6.42 Å². The number of oxime groups is 1. The van der Waals surface area contributed by atoms with Crippen LogP contribution in [0.3, 0.4) is 0 Å². The maximum absolute atomic E-state index is 9.05. The van der Waals surface area contributed by atoms with Crippen molar-refractivity contribution >= 4 is 5.71 Å². The van der Waals surface area contributed by atoms with Crippen LogP contribution < -0.4 is 0 Å². The van der Waals surface area contributed by atoms with Gasteiger partial charge in [0.25, 0.3) is 0 Å². The third-order valence-electron chi connectivity index (χ3n) is 2.72. The van der Waals surface area contributed by atoms with Gasteiger partial charge in [-0.15, -0.1) is 0 Å². The van der Waals surface area contributed by atoms with Crippen molar-refractivity contribution in [3.8, 4) is 0 Å². The molecule has 0 fully saturated rings. The maximum Gasteiger partial charge on any atom is 0.0871 e. The zero-order valence-corrected chi connectivity index (χ0v) is 9.58. The van der Waals surface area contributed by atoms with Crippen molar-refractivity contribution in [1.29, 1.82) is 0 Å². The Morgan fingerprint density at radius 1 is 0.882 bits per heavy atom. The molecule has 2 rings (SSSR count). The van der Waals surface area contributed by atoms with Gasteiger partial charge in [0.15, 0.2) is 0 Å². The maximum atomic E-state index is 9.05. The summed E-state index contributed by atoms with van der Waals surface area (Å²) in [5.74, 6) is 0. The van der Waals surface area contributed by atoms with E-state index < -0.39 is 0 Å². The lowest BCUT2D eigenvalue weighted by molar-refractivity contribution is 0.318. The zero-order chi connectivity index (χ0) is 11.9. The van der Waals surface area contributed by atoms with Crippen LogP contribution in [0.1, 0.15) is 17.5 Å². The Morgan fingerprint density at radius 3 is 2.06 bits per heavy atom. The standard InChI is InChI=1S/C15H15NO/c17-16-15(14-9-5-2-6-10-14)12-11-13-7-3-1-4-8-13/h1-10,17H,11-12H2. The van der Waals surface area contributed by atoms with Gasteiger partial charge in [0, 0.05) is 0 Å². The predicted octanol–water partition coefficient (Wildman–Crippen LogP) is 3.50. The van der Waals surface area contributed by atoms with E-state index in [1.54, 1.807) is 0 Å². The summed E-state index contributed by atoms with van der Waals surface area (Å²) < 4.78 is 0. The summed E-state index contributed by atoms with van der Waals surface area (Å²) in [7, 11) is 0. The van der Waals surface area contributed by atoms with Gasteiger partial charge >= 0.3 is 0 Å². The molecule has 0 heterocycles. The molecule has 2 nitrogen and oxygen atoms in total. The third-order valence-corrected chi connectivity index (χ3v) is 2.72. The molecule has 0 aliphatic carbocycles. The molecule has 0 radical (unpaired) electrons. The van der Waals surface area contributed by atoms with Crippen molar-refractivity contribution in [2.75, 3.05) is 0 Å². The summed E-state index contributed by atoms with van der Waals surface area (Å²) in [5.41, 5.74) is 2.96. The second kappa shape index (κ2) is 5.85. The first kappa shape index (κ1) is 11.4. The highest BCUT2D eigenvalue weighted by molar-refractivity contribution is 6.00. The van der Waals surface area contributed by atoms with E-state index in [0.29, 0.717) is 0 Å². The van der Waals surface area contributed by atoms with Gasteiger partial charge < -0.3 is 5.21 Å². The van der Waals surface area contributed by atoms with Crippen molar-refractivity contribution in [3.63, 3.8) is 0 Å². The van der Waals surface area contributed by atoms with Crippen LogP contribution in [-0.4, -0.2) is 10.9 Å². The molecule has 0 atom stereocenters. The van der Waals surface area contributed by atoms with E-state index in [1.807, 2.05) is 48.5 Å². The van der Waals surface area contributed by atoms with E-state index in [1.165, 1.54) is 5.56 Å². The number of aryl methyl sites for hydroxylation is 1. The summed E-state index contributed by atoms with van der Waals surface area (Å²) >= 11 is 0. The highest BCUT2D eigenvalue weighted by atomic mass is 16.4. The van der Waals surface area contributed by atoms with Crippen molar-refractivity contribution in [2.24, 2.45) is 5.16 Å². The lowest BCUT2D eigenvalue weighted by Crippen LogP contribution is -2.02. The Morgan fingerprint density at radius 2 is 1.47 bits per heavy atom. The van der Waals surface area contributed by atoms with Crippen molar-refractivity contribution < 1.29 is 5.21 Å². The molecule has 86 valence electrons. The summed E-state index contributed by atoms with van der Waals surface area (Å²) in [6.07, 6.45) is 1.62. The minimum absolute atomic E-state index is 0.731. The van der Waals surface area contributed by atoms with Crippen LogP contribution in [0.15, 0.2) is 65.8 Å². The molecule has 1 N–H and O–H groups in total. The normalized spacial score (nSPS) is 11.4. The Kier molecular flexibility index (Phi) is 3.92. The minimum Gasteiger partial charge on any atom is -0.411 e. The Hall–Kier alpha value is -2.09. The molecule has 17 heavy (non-hydrogen) atoms. The van der Waals surface area contributed by atoms with E-state index >= 15 is 0 Å². The molecule has 2 aromatic rings. The molecular weight excluding hydrogens is 210 g/mol. The first-order chi connectivity index (χ1) is 8.40. The molecule has 0 bridgehead atoms. The van der Waals surface area contributed by atoms with Crippen molar-refractivity contribution in [2.45, 2.75) is 12.8 Å². The van der Waals surface area contributed by atoms with Crippen LogP contribution in [0.2, 0.25) is 0 Å². The monoisotopic (exact) mass is 225 g/mol. The lowest BCUT2D eigenvalue weighted by atomic mass is 10.0. The van der Waals surface area contributed by atoms with Crippen LogP contribution in [0, 0.1) is 0 Å². The molecule has 0 saturated carbocycles. The van der Waals surface area contributed by atoms with E-state index in [2.05, 4.69) is 17.3 Å². The van der Waals surface area contributed by atoms with Crippen LogP contribution in [0.4, 0.5) is 0 Å². The molecule has 0 aliphatic heterocycles. The van der Waals surface area contributed by atoms with Gasteiger partial charge in [-0.25, -0.2) is 0 Å². The highest BCUT2D eigenvalue weighted by Gasteiger charge is 2.03. The molecule has 0 amide bonds. The van der Waals surface area contributed by atoms with Gasteiger partial charge in [0.2, 0.25) is 0 Å². The molecule has 0 aliphatic rings. The molecule has 0 saturated heterocycles. The number of benzene rings is 2. The topological polar surface area (TPSA) is 32.6 Å². The highest BCUT2D eigenvalue weighted by Crippen LogP contribution is 2.09. The zero-order valence-electron chi connectivity index (χ0n) is 9.58. The van der Waals surface area contributed by atoms with E-state index in [4.69, 9.17) is 5.21 Å². The fraction of sp³-hybridized carbons (Fsp3) is 0.133. The average Bonchev–Trinajstić information content (AvgIpc) is 2.42. The number of nitrogens with zero attached hydrogens (tertiary/aromatic N) is 1. The van der Waals surface area contributed by atoms with Crippen molar-refractivity contribution in [1.82, 2.24) is 0 Å².